The van der Waals surface area contributed by atoms with E-state index in [4.69, 9.17) is 0 Å². The molecule has 0 bridgehead atoms. The molecule has 23 heavy (non-hydrogen) atoms. The third-order valence-corrected chi connectivity index (χ3v) is 5.43. The summed E-state index contributed by atoms with van der Waals surface area (Å²) in [6, 6.07) is 12.1. The Kier molecular flexibility index (Phi) is 3.55. The lowest BCUT2D eigenvalue weighted by molar-refractivity contribution is 0.938. The van der Waals surface area contributed by atoms with Crippen LogP contribution >= 0.6 is 22.7 Å². The van der Waals surface area contributed by atoms with Gasteiger partial charge in [-0.3, -0.25) is 4.79 Å². The Morgan fingerprint density at radius 2 is 2.04 bits per heavy atom. The van der Waals surface area contributed by atoms with Gasteiger partial charge < -0.3 is 0 Å². The molecule has 0 aliphatic rings. The van der Waals surface area contributed by atoms with Crippen LogP contribution in [0.1, 0.15) is 18.1 Å². The van der Waals surface area contributed by atoms with Crippen LogP contribution in [0, 0.1) is 0 Å². The van der Waals surface area contributed by atoms with E-state index in [1.807, 2.05) is 35.7 Å². The van der Waals surface area contributed by atoms with Crippen molar-refractivity contribution in [3.05, 3.63) is 67.8 Å². The maximum Gasteiger partial charge on any atom is 0.291 e. The van der Waals surface area contributed by atoms with Crippen LogP contribution in [-0.4, -0.2) is 14.6 Å². The van der Waals surface area contributed by atoms with Crippen molar-refractivity contribution in [1.29, 1.82) is 0 Å². The van der Waals surface area contributed by atoms with Gasteiger partial charge >= 0.3 is 0 Å². The first-order chi connectivity index (χ1) is 11.2. The van der Waals surface area contributed by atoms with E-state index in [0.29, 0.717) is 15.3 Å². The fraction of sp³-hybridized carbons (Fsp3) is 0.118. The summed E-state index contributed by atoms with van der Waals surface area (Å²) in [5, 5.41) is 6.31. The zero-order valence-electron chi connectivity index (χ0n) is 12.4. The van der Waals surface area contributed by atoms with Gasteiger partial charge in [0, 0.05) is 0 Å². The number of thiophene rings is 1. The van der Waals surface area contributed by atoms with Crippen molar-refractivity contribution >= 4 is 33.7 Å². The number of benzene rings is 1. The number of aromatic nitrogens is 3. The summed E-state index contributed by atoms with van der Waals surface area (Å²) in [5.74, 6) is 0.613. The van der Waals surface area contributed by atoms with Gasteiger partial charge in [-0.2, -0.15) is 9.50 Å². The van der Waals surface area contributed by atoms with E-state index >= 15 is 0 Å². The molecule has 0 saturated heterocycles. The second-order valence-electron chi connectivity index (χ2n) is 5.12. The fourth-order valence-corrected chi connectivity index (χ4v) is 3.91. The summed E-state index contributed by atoms with van der Waals surface area (Å²) in [6.45, 7) is 2.12. The van der Waals surface area contributed by atoms with Gasteiger partial charge in [0.25, 0.3) is 5.56 Å². The van der Waals surface area contributed by atoms with Crippen molar-refractivity contribution < 1.29 is 0 Å². The maximum atomic E-state index is 12.5. The van der Waals surface area contributed by atoms with E-state index in [2.05, 4.69) is 29.1 Å². The van der Waals surface area contributed by atoms with Crippen LogP contribution in [0.3, 0.4) is 0 Å². The third kappa shape index (κ3) is 2.60. The van der Waals surface area contributed by atoms with Gasteiger partial charge in [-0.15, -0.1) is 16.4 Å². The molecule has 6 heteroatoms. The predicted molar refractivity (Wildman–Crippen MR) is 95.1 cm³/mol. The van der Waals surface area contributed by atoms with Crippen LogP contribution in [0.2, 0.25) is 0 Å². The largest absolute Gasteiger partial charge is 0.291 e. The van der Waals surface area contributed by atoms with E-state index in [1.165, 1.54) is 21.4 Å². The van der Waals surface area contributed by atoms with Gasteiger partial charge in [-0.05, 0) is 35.1 Å². The Balaban J connectivity index is 1.79. The average Bonchev–Trinajstić information content (AvgIpc) is 3.27. The van der Waals surface area contributed by atoms with E-state index in [9.17, 15) is 4.79 Å². The summed E-state index contributed by atoms with van der Waals surface area (Å²) in [5.41, 5.74) is 2.19. The monoisotopic (exact) mass is 339 g/mol. The minimum atomic E-state index is -0.111. The van der Waals surface area contributed by atoms with Crippen molar-refractivity contribution in [2.45, 2.75) is 13.3 Å². The molecule has 4 rings (SSSR count). The SMILES string of the molecule is CCc1ccc(C=c2sc3nc(-c4cccs4)nn3c2=O)cc1. The zero-order chi connectivity index (χ0) is 15.8. The molecule has 0 fully saturated rings. The van der Waals surface area contributed by atoms with E-state index < -0.39 is 0 Å². The first-order valence-corrected chi connectivity index (χ1v) is 8.98. The smallest absolute Gasteiger partial charge is 0.266 e. The Morgan fingerprint density at radius 3 is 2.70 bits per heavy atom. The summed E-state index contributed by atoms with van der Waals surface area (Å²) in [6.07, 6.45) is 2.91. The van der Waals surface area contributed by atoms with Crippen LogP contribution < -0.4 is 10.1 Å². The molecule has 4 nitrogen and oxygen atoms in total. The standard InChI is InChI=1S/C17H13N3OS2/c1-2-11-5-7-12(8-6-11)10-14-16(21)20-17(23-14)18-15(19-20)13-4-3-9-22-13/h3-10H,2H2,1H3. The normalized spacial score (nSPS) is 12.3. The van der Waals surface area contributed by atoms with Gasteiger partial charge in [-0.1, -0.05) is 48.6 Å². The highest BCUT2D eigenvalue weighted by Gasteiger charge is 2.12. The second kappa shape index (κ2) is 5.72. The molecule has 0 spiro atoms. The van der Waals surface area contributed by atoms with Crippen LogP contribution in [-0.2, 0) is 6.42 Å². The molecule has 0 aliphatic carbocycles. The lowest BCUT2D eigenvalue weighted by atomic mass is 10.1. The Bertz CT molecular complexity index is 1060. The van der Waals surface area contributed by atoms with Crippen molar-refractivity contribution in [2.75, 3.05) is 0 Å². The molecular formula is C17H13N3OS2. The minimum absolute atomic E-state index is 0.111. The number of fused-ring (bicyclic) bond motifs is 1. The van der Waals surface area contributed by atoms with Crippen molar-refractivity contribution in [3.8, 4) is 10.7 Å². The molecule has 0 aliphatic heterocycles. The molecule has 0 saturated carbocycles. The number of aryl methyl sites for hydroxylation is 1. The molecule has 3 aromatic heterocycles. The van der Waals surface area contributed by atoms with Crippen LogP contribution in [0.5, 0.6) is 0 Å². The minimum Gasteiger partial charge on any atom is -0.266 e. The van der Waals surface area contributed by atoms with E-state index in [-0.39, 0.29) is 5.56 Å². The Morgan fingerprint density at radius 1 is 1.22 bits per heavy atom. The Hall–Kier alpha value is -2.31. The summed E-state index contributed by atoms with van der Waals surface area (Å²) >= 11 is 2.94. The first kappa shape index (κ1) is 14.3. The van der Waals surface area contributed by atoms with E-state index in [1.54, 1.807) is 11.3 Å². The molecule has 0 radical (unpaired) electrons. The van der Waals surface area contributed by atoms with Crippen LogP contribution in [0.25, 0.3) is 21.7 Å². The second-order valence-corrected chi connectivity index (χ2v) is 7.07. The molecule has 3 heterocycles. The number of thiazole rings is 1. The van der Waals surface area contributed by atoms with Gasteiger partial charge in [0.05, 0.1) is 9.41 Å². The highest BCUT2D eigenvalue weighted by Crippen LogP contribution is 2.21. The summed E-state index contributed by atoms with van der Waals surface area (Å²) in [7, 11) is 0. The van der Waals surface area contributed by atoms with Crippen molar-refractivity contribution in [1.82, 2.24) is 14.6 Å². The third-order valence-electron chi connectivity index (χ3n) is 3.61. The number of hydrogen-bond donors (Lipinski definition) is 0. The average molecular weight is 339 g/mol. The molecule has 0 N–H and O–H groups in total. The molecule has 1 aromatic carbocycles. The van der Waals surface area contributed by atoms with Gasteiger partial charge in [0.2, 0.25) is 4.96 Å². The maximum absolute atomic E-state index is 12.5. The molecule has 4 aromatic rings. The lowest BCUT2D eigenvalue weighted by Crippen LogP contribution is -2.23. The quantitative estimate of drug-likeness (QED) is 0.576. The molecule has 0 amide bonds. The van der Waals surface area contributed by atoms with Gasteiger partial charge in [-0.25, -0.2) is 0 Å². The molecule has 0 atom stereocenters. The highest BCUT2D eigenvalue weighted by molar-refractivity contribution is 7.15. The van der Waals surface area contributed by atoms with Crippen LogP contribution in [0.15, 0.2) is 46.6 Å². The lowest BCUT2D eigenvalue weighted by Gasteiger charge is -1.96. The topological polar surface area (TPSA) is 47.3 Å². The van der Waals surface area contributed by atoms with Crippen molar-refractivity contribution in [3.63, 3.8) is 0 Å². The predicted octanol–water partition coefficient (Wildman–Crippen LogP) is 2.99. The number of rotatable bonds is 3. The molecule has 0 unspecified atom stereocenters. The number of nitrogens with zero attached hydrogens (tertiary/aromatic N) is 3. The molecular weight excluding hydrogens is 326 g/mol. The first-order valence-electron chi connectivity index (χ1n) is 7.28. The summed E-state index contributed by atoms with van der Waals surface area (Å²) < 4.78 is 2.05. The molecule has 114 valence electrons. The highest BCUT2D eigenvalue weighted by atomic mass is 32.1. The van der Waals surface area contributed by atoms with Gasteiger partial charge in [0.1, 0.15) is 0 Å². The summed E-state index contributed by atoms with van der Waals surface area (Å²) in [4.78, 5) is 18.6. The van der Waals surface area contributed by atoms with Crippen LogP contribution in [0.4, 0.5) is 0 Å². The number of hydrogen-bond acceptors (Lipinski definition) is 5. The zero-order valence-corrected chi connectivity index (χ0v) is 14.0. The fourth-order valence-electron chi connectivity index (χ4n) is 2.34. The van der Waals surface area contributed by atoms with E-state index in [0.717, 1.165) is 16.9 Å². The van der Waals surface area contributed by atoms with Crippen molar-refractivity contribution in [2.24, 2.45) is 0 Å². The van der Waals surface area contributed by atoms with Gasteiger partial charge in [0.15, 0.2) is 5.82 Å². The Labute approximate surface area is 140 Å².